The van der Waals surface area contributed by atoms with Gasteiger partial charge in [-0.1, -0.05) is 11.3 Å². The molecular formula is C21H27N7O3S. The summed E-state index contributed by atoms with van der Waals surface area (Å²) in [5.74, 6) is 1.08. The van der Waals surface area contributed by atoms with Crippen LogP contribution in [0.15, 0.2) is 47.5 Å². The van der Waals surface area contributed by atoms with Gasteiger partial charge >= 0.3 is 0 Å². The molecule has 1 fully saturated rings. The van der Waals surface area contributed by atoms with E-state index in [-0.39, 0.29) is 10.8 Å². The molecule has 11 heteroatoms. The topological polar surface area (TPSA) is 105 Å². The van der Waals surface area contributed by atoms with Gasteiger partial charge in [-0.05, 0) is 36.8 Å². The van der Waals surface area contributed by atoms with Crippen LogP contribution in [0.3, 0.4) is 0 Å². The maximum atomic E-state index is 12.6. The molecule has 1 aliphatic rings. The number of carbonyl (C=O) groups is 1. The molecule has 1 aromatic carbocycles. The Hall–Kier alpha value is -3.05. The normalized spacial score (nSPS) is 15.0. The molecular weight excluding hydrogens is 430 g/mol. The molecule has 1 saturated heterocycles. The number of aryl methyl sites for hydroxylation is 1. The molecule has 0 bridgehead atoms. The molecule has 1 aliphatic heterocycles. The van der Waals surface area contributed by atoms with Gasteiger partial charge in [0.25, 0.3) is 0 Å². The average molecular weight is 458 g/mol. The van der Waals surface area contributed by atoms with Crippen molar-refractivity contribution in [1.29, 1.82) is 0 Å². The number of fused-ring (bicyclic) bond motifs is 1. The van der Waals surface area contributed by atoms with E-state index in [0.29, 0.717) is 38.0 Å². The molecule has 1 amide bonds. The van der Waals surface area contributed by atoms with E-state index in [9.17, 15) is 13.2 Å². The van der Waals surface area contributed by atoms with E-state index in [1.165, 1.54) is 24.5 Å². The zero-order valence-corrected chi connectivity index (χ0v) is 19.1. The number of nitrogens with zero attached hydrogens (tertiary/aromatic N) is 7. The average Bonchev–Trinajstić information content (AvgIpc) is 3.22. The summed E-state index contributed by atoms with van der Waals surface area (Å²) in [6.45, 7) is 3.45. The van der Waals surface area contributed by atoms with E-state index in [1.54, 1.807) is 23.0 Å². The van der Waals surface area contributed by atoms with E-state index < -0.39 is 10.0 Å². The van der Waals surface area contributed by atoms with E-state index >= 15 is 0 Å². The van der Waals surface area contributed by atoms with Crippen LogP contribution in [0, 0.1) is 0 Å². The molecule has 0 atom stereocenters. The standard InChI is InChI=1S/C21H27N7O3S/c1-25(2)32(30,31)17-8-9-19-18(16-17)23-24-28(19)11-5-7-21(29)27-14-12-26(13-15-27)20-6-3-4-10-22-20/h3-4,6,8-10,16H,5,7,11-15H2,1-2H3. The molecule has 3 heterocycles. The highest BCUT2D eigenvalue weighted by molar-refractivity contribution is 7.89. The van der Waals surface area contributed by atoms with E-state index in [2.05, 4.69) is 20.2 Å². The summed E-state index contributed by atoms with van der Waals surface area (Å²) in [6.07, 6.45) is 2.84. The number of hydrogen-bond donors (Lipinski definition) is 0. The number of aromatic nitrogens is 4. The van der Waals surface area contributed by atoms with Crippen molar-refractivity contribution < 1.29 is 13.2 Å². The molecule has 170 valence electrons. The van der Waals surface area contributed by atoms with Crippen LogP contribution in [0.4, 0.5) is 5.82 Å². The first-order chi connectivity index (χ1) is 15.4. The summed E-state index contributed by atoms with van der Waals surface area (Å²) in [6, 6.07) is 10.6. The monoisotopic (exact) mass is 457 g/mol. The molecule has 3 aromatic rings. The SMILES string of the molecule is CN(C)S(=O)(=O)c1ccc2c(c1)nnn2CCCC(=O)N1CCN(c2ccccn2)CC1. The Balaban J connectivity index is 1.30. The number of carbonyl (C=O) groups excluding carboxylic acids is 1. The Morgan fingerprint density at radius 1 is 1.09 bits per heavy atom. The Bertz CT molecular complexity index is 1190. The van der Waals surface area contributed by atoms with Gasteiger partial charge in [-0.15, -0.1) is 5.10 Å². The van der Waals surface area contributed by atoms with Crippen molar-refractivity contribution in [3.05, 3.63) is 42.6 Å². The van der Waals surface area contributed by atoms with Gasteiger partial charge in [-0.3, -0.25) is 4.79 Å². The Labute approximate surface area is 187 Å². The highest BCUT2D eigenvalue weighted by Crippen LogP contribution is 2.20. The van der Waals surface area contributed by atoms with Crippen LogP contribution in [0.1, 0.15) is 12.8 Å². The lowest BCUT2D eigenvalue weighted by Gasteiger charge is -2.35. The van der Waals surface area contributed by atoms with Gasteiger partial charge in [0.1, 0.15) is 11.3 Å². The van der Waals surface area contributed by atoms with Crippen molar-refractivity contribution in [3.8, 4) is 0 Å². The minimum atomic E-state index is -3.52. The second-order valence-electron chi connectivity index (χ2n) is 7.91. The van der Waals surface area contributed by atoms with Gasteiger partial charge in [0.2, 0.25) is 15.9 Å². The molecule has 2 aromatic heterocycles. The number of rotatable bonds is 7. The first-order valence-corrected chi connectivity index (χ1v) is 12.0. The van der Waals surface area contributed by atoms with Crippen LogP contribution in [0.25, 0.3) is 11.0 Å². The van der Waals surface area contributed by atoms with Crippen LogP contribution in [0.2, 0.25) is 0 Å². The first kappa shape index (κ1) is 22.2. The van der Waals surface area contributed by atoms with Crippen LogP contribution in [-0.4, -0.2) is 83.8 Å². The molecule has 32 heavy (non-hydrogen) atoms. The molecule has 0 N–H and O–H groups in total. The third-order valence-electron chi connectivity index (χ3n) is 5.63. The van der Waals surface area contributed by atoms with Gasteiger partial charge in [-0.25, -0.2) is 22.4 Å². The van der Waals surface area contributed by atoms with E-state index in [1.807, 2.05) is 23.1 Å². The summed E-state index contributed by atoms with van der Waals surface area (Å²) >= 11 is 0. The van der Waals surface area contributed by atoms with Crippen molar-refractivity contribution in [2.24, 2.45) is 0 Å². The number of amides is 1. The zero-order valence-electron chi connectivity index (χ0n) is 18.3. The number of hydrogen-bond acceptors (Lipinski definition) is 7. The fraction of sp³-hybridized carbons (Fsp3) is 0.429. The lowest BCUT2D eigenvalue weighted by Crippen LogP contribution is -2.49. The predicted octanol–water partition coefficient (Wildman–Crippen LogP) is 1.21. The zero-order chi connectivity index (χ0) is 22.7. The molecule has 0 unspecified atom stereocenters. The third kappa shape index (κ3) is 4.58. The van der Waals surface area contributed by atoms with Gasteiger partial charge in [0.05, 0.1) is 10.4 Å². The second kappa shape index (κ2) is 9.21. The van der Waals surface area contributed by atoms with Crippen molar-refractivity contribution in [1.82, 2.24) is 29.2 Å². The van der Waals surface area contributed by atoms with Crippen molar-refractivity contribution in [3.63, 3.8) is 0 Å². The van der Waals surface area contributed by atoms with Crippen molar-refractivity contribution in [2.75, 3.05) is 45.2 Å². The molecule has 0 radical (unpaired) electrons. The number of sulfonamides is 1. The van der Waals surface area contributed by atoms with Gasteiger partial charge in [0.15, 0.2) is 0 Å². The number of piperazine rings is 1. The van der Waals surface area contributed by atoms with Gasteiger partial charge < -0.3 is 9.80 Å². The fourth-order valence-electron chi connectivity index (χ4n) is 3.75. The maximum absolute atomic E-state index is 12.6. The smallest absolute Gasteiger partial charge is 0.242 e. The van der Waals surface area contributed by atoms with Crippen LogP contribution >= 0.6 is 0 Å². The Morgan fingerprint density at radius 2 is 1.88 bits per heavy atom. The Morgan fingerprint density at radius 3 is 2.56 bits per heavy atom. The fourth-order valence-corrected chi connectivity index (χ4v) is 4.67. The number of anilines is 1. The summed E-state index contributed by atoms with van der Waals surface area (Å²) in [5, 5.41) is 8.24. The minimum Gasteiger partial charge on any atom is -0.353 e. The third-order valence-corrected chi connectivity index (χ3v) is 7.44. The molecule has 0 aliphatic carbocycles. The minimum absolute atomic E-state index is 0.134. The maximum Gasteiger partial charge on any atom is 0.242 e. The lowest BCUT2D eigenvalue weighted by molar-refractivity contribution is -0.131. The highest BCUT2D eigenvalue weighted by atomic mass is 32.2. The number of pyridine rings is 1. The quantitative estimate of drug-likeness (QED) is 0.525. The summed E-state index contributed by atoms with van der Waals surface area (Å²) in [4.78, 5) is 21.3. The van der Waals surface area contributed by atoms with Crippen molar-refractivity contribution in [2.45, 2.75) is 24.3 Å². The lowest BCUT2D eigenvalue weighted by atomic mass is 10.2. The molecule has 0 saturated carbocycles. The molecule has 10 nitrogen and oxygen atoms in total. The summed E-state index contributed by atoms with van der Waals surface area (Å²) < 4.78 is 27.5. The van der Waals surface area contributed by atoms with Crippen LogP contribution < -0.4 is 4.90 Å². The van der Waals surface area contributed by atoms with E-state index in [4.69, 9.17) is 0 Å². The summed E-state index contributed by atoms with van der Waals surface area (Å²) in [7, 11) is -0.539. The predicted molar refractivity (Wildman–Crippen MR) is 121 cm³/mol. The van der Waals surface area contributed by atoms with Crippen molar-refractivity contribution >= 4 is 32.8 Å². The molecule has 4 rings (SSSR count). The summed E-state index contributed by atoms with van der Waals surface area (Å²) in [5.41, 5.74) is 1.27. The van der Waals surface area contributed by atoms with E-state index in [0.717, 1.165) is 24.4 Å². The molecule has 0 spiro atoms. The van der Waals surface area contributed by atoms with Gasteiger partial charge in [-0.2, -0.15) is 0 Å². The Kier molecular flexibility index (Phi) is 6.38. The second-order valence-corrected chi connectivity index (χ2v) is 10.1. The van der Waals surface area contributed by atoms with Crippen LogP contribution in [0.5, 0.6) is 0 Å². The highest BCUT2D eigenvalue weighted by Gasteiger charge is 2.22. The largest absolute Gasteiger partial charge is 0.353 e. The first-order valence-electron chi connectivity index (χ1n) is 10.6. The van der Waals surface area contributed by atoms with Gasteiger partial charge in [0, 0.05) is 59.4 Å². The van der Waals surface area contributed by atoms with Crippen LogP contribution in [-0.2, 0) is 21.4 Å². The number of benzene rings is 1.